The molecule has 2 atom stereocenters. The fourth-order valence-corrected chi connectivity index (χ4v) is 1.47. The second-order valence-corrected chi connectivity index (χ2v) is 3.98. The highest BCUT2D eigenvalue weighted by Crippen LogP contribution is 2.23. The quantitative estimate of drug-likeness (QED) is 0.815. The van der Waals surface area contributed by atoms with Crippen LogP contribution in [0.4, 0.5) is 0 Å². The molecular formula is C13H18O4. The molecule has 0 aliphatic carbocycles. The molecule has 0 fully saturated rings. The first-order valence-electron chi connectivity index (χ1n) is 5.48. The summed E-state index contributed by atoms with van der Waals surface area (Å²) in [6.07, 6.45) is -1.16. The summed E-state index contributed by atoms with van der Waals surface area (Å²) in [6, 6.07) is 5.36. The van der Waals surface area contributed by atoms with Crippen molar-refractivity contribution in [1.29, 1.82) is 0 Å². The van der Waals surface area contributed by atoms with Gasteiger partial charge in [0.1, 0.15) is 5.75 Å². The summed E-state index contributed by atoms with van der Waals surface area (Å²) in [4.78, 5) is 11.2. The van der Waals surface area contributed by atoms with Crippen molar-refractivity contribution in [3.8, 4) is 5.75 Å². The van der Waals surface area contributed by atoms with Gasteiger partial charge in [0.15, 0.2) is 6.10 Å². The maximum absolute atomic E-state index is 11.2. The molecule has 0 amide bonds. The van der Waals surface area contributed by atoms with Crippen LogP contribution in [0, 0.1) is 6.92 Å². The number of aliphatic hydroxyl groups is 1. The summed E-state index contributed by atoms with van der Waals surface area (Å²) >= 11 is 0. The molecular weight excluding hydrogens is 220 g/mol. The van der Waals surface area contributed by atoms with E-state index in [0.717, 1.165) is 11.1 Å². The fraction of sp³-hybridized carbons (Fsp3) is 0.462. The largest absolute Gasteiger partial charge is 0.479 e. The fourth-order valence-electron chi connectivity index (χ4n) is 1.47. The molecule has 0 saturated heterocycles. The number of aryl methyl sites for hydroxylation is 1. The Bertz CT molecular complexity index is 398. The highest BCUT2D eigenvalue weighted by molar-refractivity contribution is 5.74. The predicted molar refractivity (Wildman–Crippen MR) is 63.9 cm³/mol. The minimum atomic E-state index is -0.643. The molecule has 0 aliphatic rings. The van der Waals surface area contributed by atoms with Gasteiger partial charge in [0.05, 0.1) is 13.2 Å². The van der Waals surface area contributed by atoms with Gasteiger partial charge in [-0.25, -0.2) is 4.79 Å². The van der Waals surface area contributed by atoms with E-state index in [4.69, 9.17) is 4.74 Å². The van der Waals surface area contributed by atoms with Crippen LogP contribution < -0.4 is 4.74 Å². The highest BCUT2D eigenvalue weighted by Gasteiger charge is 2.16. The number of carbonyl (C=O) groups excluding carboxylic acids is 1. The third kappa shape index (κ3) is 3.46. The first-order valence-corrected chi connectivity index (χ1v) is 5.48. The van der Waals surface area contributed by atoms with Crippen molar-refractivity contribution in [2.75, 3.05) is 7.11 Å². The van der Waals surface area contributed by atoms with Crippen LogP contribution in [0.5, 0.6) is 5.75 Å². The molecule has 1 aromatic rings. The van der Waals surface area contributed by atoms with Gasteiger partial charge in [-0.15, -0.1) is 0 Å². The number of benzene rings is 1. The lowest BCUT2D eigenvalue weighted by atomic mass is 10.1. The maximum atomic E-state index is 11.2. The Balaban J connectivity index is 2.83. The van der Waals surface area contributed by atoms with Crippen molar-refractivity contribution in [1.82, 2.24) is 0 Å². The number of hydrogen-bond donors (Lipinski definition) is 1. The molecule has 4 nitrogen and oxygen atoms in total. The average Bonchev–Trinajstić information content (AvgIpc) is 2.30. The Morgan fingerprint density at radius 3 is 2.47 bits per heavy atom. The second-order valence-electron chi connectivity index (χ2n) is 3.98. The van der Waals surface area contributed by atoms with Crippen molar-refractivity contribution in [3.05, 3.63) is 29.3 Å². The van der Waals surface area contributed by atoms with E-state index in [-0.39, 0.29) is 0 Å². The normalized spacial score (nSPS) is 13.9. The zero-order chi connectivity index (χ0) is 13.0. The molecule has 1 aromatic carbocycles. The third-order valence-corrected chi connectivity index (χ3v) is 2.52. The van der Waals surface area contributed by atoms with Crippen LogP contribution in [0.25, 0.3) is 0 Å². The van der Waals surface area contributed by atoms with E-state index in [0.29, 0.717) is 5.75 Å². The number of carbonyl (C=O) groups is 1. The lowest BCUT2D eigenvalue weighted by Crippen LogP contribution is -2.25. The van der Waals surface area contributed by atoms with Gasteiger partial charge in [-0.3, -0.25) is 0 Å². The van der Waals surface area contributed by atoms with Gasteiger partial charge >= 0.3 is 5.97 Å². The number of hydrogen-bond acceptors (Lipinski definition) is 4. The van der Waals surface area contributed by atoms with Crippen molar-refractivity contribution in [3.63, 3.8) is 0 Å². The summed E-state index contributed by atoms with van der Waals surface area (Å²) in [5, 5.41) is 9.43. The average molecular weight is 238 g/mol. The predicted octanol–water partition coefficient (Wildman–Crippen LogP) is 1.99. The number of rotatable bonds is 4. The smallest absolute Gasteiger partial charge is 0.346 e. The molecule has 17 heavy (non-hydrogen) atoms. The van der Waals surface area contributed by atoms with Crippen LogP contribution in [0.1, 0.15) is 31.1 Å². The van der Waals surface area contributed by atoms with Gasteiger partial charge in [0.25, 0.3) is 0 Å². The SMILES string of the molecule is COC(=O)C(C)Oc1ccc([C@H](C)O)cc1C. The number of aliphatic hydroxyl groups excluding tert-OH is 1. The summed E-state index contributed by atoms with van der Waals surface area (Å²) in [5.41, 5.74) is 1.69. The van der Waals surface area contributed by atoms with Crippen LogP contribution in [-0.4, -0.2) is 24.3 Å². The summed E-state index contributed by atoms with van der Waals surface area (Å²) < 4.78 is 10.1. The Morgan fingerprint density at radius 2 is 2.00 bits per heavy atom. The Labute approximate surface area is 101 Å². The first kappa shape index (κ1) is 13.5. The highest BCUT2D eigenvalue weighted by atomic mass is 16.6. The van der Waals surface area contributed by atoms with E-state index in [1.165, 1.54) is 7.11 Å². The van der Waals surface area contributed by atoms with E-state index >= 15 is 0 Å². The molecule has 94 valence electrons. The molecule has 0 radical (unpaired) electrons. The number of ether oxygens (including phenoxy) is 2. The van der Waals surface area contributed by atoms with Crippen molar-refractivity contribution >= 4 is 5.97 Å². The van der Waals surface area contributed by atoms with Gasteiger partial charge in [-0.2, -0.15) is 0 Å². The maximum Gasteiger partial charge on any atom is 0.346 e. The van der Waals surface area contributed by atoms with E-state index in [1.807, 2.05) is 13.0 Å². The molecule has 1 unspecified atom stereocenters. The van der Waals surface area contributed by atoms with Gasteiger partial charge in [-0.05, 0) is 44.0 Å². The van der Waals surface area contributed by atoms with Crippen LogP contribution in [0.15, 0.2) is 18.2 Å². The number of methoxy groups -OCH3 is 1. The van der Waals surface area contributed by atoms with Gasteiger partial charge in [0, 0.05) is 0 Å². The minimum Gasteiger partial charge on any atom is -0.479 e. The standard InChI is InChI=1S/C13H18O4/c1-8-7-11(9(2)14)5-6-12(8)17-10(3)13(15)16-4/h5-7,9-10,14H,1-4H3/t9-,10?/m0/s1. The van der Waals surface area contributed by atoms with E-state index in [9.17, 15) is 9.90 Å². The Hall–Kier alpha value is -1.55. The zero-order valence-electron chi connectivity index (χ0n) is 10.6. The van der Waals surface area contributed by atoms with Gasteiger partial charge in [-0.1, -0.05) is 6.07 Å². The molecule has 1 N–H and O–H groups in total. The van der Waals surface area contributed by atoms with Crippen LogP contribution in [0.2, 0.25) is 0 Å². The summed E-state index contributed by atoms with van der Waals surface area (Å²) in [7, 11) is 1.32. The molecule has 0 heterocycles. The second kappa shape index (κ2) is 5.68. The topological polar surface area (TPSA) is 55.8 Å². The Kier molecular flexibility index (Phi) is 4.52. The molecule has 0 aliphatic heterocycles. The van der Waals surface area contributed by atoms with Gasteiger partial charge in [0.2, 0.25) is 0 Å². The molecule has 0 saturated carbocycles. The van der Waals surface area contributed by atoms with Crippen LogP contribution >= 0.6 is 0 Å². The third-order valence-electron chi connectivity index (χ3n) is 2.52. The molecule has 0 spiro atoms. The van der Waals surface area contributed by atoms with E-state index in [1.54, 1.807) is 26.0 Å². The van der Waals surface area contributed by atoms with Crippen LogP contribution in [0.3, 0.4) is 0 Å². The van der Waals surface area contributed by atoms with E-state index in [2.05, 4.69) is 4.74 Å². The van der Waals surface area contributed by atoms with Crippen molar-refractivity contribution in [2.24, 2.45) is 0 Å². The van der Waals surface area contributed by atoms with Crippen molar-refractivity contribution < 1.29 is 19.4 Å². The van der Waals surface area contributed by atoms with Crippen molar-refractivity contribution in [2.45, 2.75) is 33.0 Å². The minimum absolute atomic E-state index is 0.413. The van der Waals surface area contributed by atoms with Crippen LogP contribution in [-0.2, 0) is 9.53 Å². The number of esters is 1. The zero-order valence-corrected chi connectivity index (χ0v) is 10.6. The Morgan fingerprint density at radius 1 is 1.35 bits per heavy atom. The molecule has 0 aromatic heterocycles. The van der Waals surface area contributed by atoms with E-state index < -0.39 is 18.2 Å². The molecule has 0 bridgehead atoms. The summed E-state index contributed by atoms with van der Waals surface area (Å²) in [5.74, 6) is 0.205. The molecule has 1 rings (SSSR count). The monoisotopic (exact) mass is 238 g/mol. The van der Waals surface area contributed by atoms with Gasteiger partial charge < -0.3 is 14.6 Å². The first-order chi connectivity index (χ1) is 7.95. The summed E-state index contributed by atoms with van der Waals surface area (Å²) in [6.45, 7) is 5.20. The lowest BCUT2D eigenvalue weighted by molar-refractivity contribution is -0.147. The molecule has 4 heteroatoms. The lowest BCUT2D eigenvalue weighted by Gasteiger charge is -2.15.